The number of piperazine rings is 1. The molecule has 5 nitrogen and oxygen atoms in total. The number of rotatable bonds is 5. The van der Waals surface area contributed by atoms with Crippen LogP contribution in [0, 0.1) is 5.82 Å². The highest BCUT2D eigenvalue weighted by Crippen LogP contribution is 2.14. The average molecular weight is 316 g/mol. The molecule has 1 aromatic carbocycles. The van der Waals surface area contributed by atoms with E-state index < -0.39 is 10.0 Å². The Bertz CT molecular complexity index is 562. The summed E-state index contributed by atoms with van der Waals surface area (Å²) in [5.41, 5.74) is 0. The van der Waals surface area contributed by atoms with Crippen molar-refractivity contribution in [2.24, 2.45) is 0 Å². The van der Waals surface area contributed by atoms with Gasteiger partial charge in [0.15, 0.2) is 0 Å². The maximum Gasteiger partial charge on any atom is 0.217 e. The predicted octanol–water partition coefficient (Wildman–Crippen LogP) is 1.17. The molecule has 21 heavy (non-hydrogen) atoms. The zero-order valence-corrected chi connectivity index (χ0v) is 13.1. The molecule has 0 amide bonds. The molecular formula is C14H21FN2O3S. The van der Waals surface area contributed by atoms with E-state index in [1.807, 2.05) is 14.0 Å². The number of halogens is 1. The molecule has 118 valence electrons. The Morgan fingerprint density at radius 3 is 2.57 bits per heavy atom. The summed E-state index contributed by atoms with van der Waals surface area (Å²) < 4.78 is 44.1. The molecule has 1 fully saturated rings. The van der Waals surface area contributed by atoms with Gasteiger partial charge in [-0.1, -0.05) is 0 Å². The third kappa shape index (κ3) is 4.39. The van der Waals surface area contributed by atoms with Crippen LogP contribution in [0.3, 0.4) is 0 Å². The molecule has 0 aromatic heterocycles. The quantitative estimate of drug-likeness (QED) is 0.818. The highest BCUT2D eigenvalue weighted by molar-refractivity contribution is 7.89. The first-order valence-corrected chi connectivity index (χ1v) is 8.56. The summed E-state index contributed by atoms with van der Waals surface area (Å²) in [6.45, 7) is 3.83. The van der Waals surface area contributed by atoms with Gasteiger partial charge in [0.05, 0.1) is 5.75 Å². The second kappa shape index (κ2) is 6.72. The van der Waals surface area contributed by atoms with Gasteiger partial charge in [-0.25, -0.2) is 12.8 Å². The zero-order valence-electron chi connectivity index (χ0n) is 12.3. The maximum atomic E-state index is 12.7. The largest absolute Gasteiger partial charge is 0.492 e. The van der Waals surface area contributed by atoms with Crippen molar-refractivity contribution in [1.82, 2.24) is 9.21 Å². The molecule has 1 aliphatic heterocycles. The minimum absolute atomic E-state index is 0.0642. The van der Waals surface area contributed by atoms with Crippen molar-refractivity contribution in [3.63, 3.8) is 0 Å². The minimum atomic E-state index is -3.31. The summed E-state index contributed by atoms with van der Waals surface area (Å²) in [7, 11) is -1.32. The van der Waals surface area contributed by atoms with Gasteiger partial charge in [-0.3, -0.25) is 0 Å². The monoisotopic (exact) mass is 316 g/mol. The molecule has 2 rings (SSSR count). The Balaban J connectivity index is 1.85. The van der Waals surface area contributed by atoms with Crippen molar-refractivity contribution in [2.75, 3.05) is 39.0 Å². The molecule has 1 saturated heterocycles. The van der Waals surface area contributed by atoms with E-state index in [0.29, 0.717) is 18.8 Å². The Morgan fingerprint density at radius 2 is 1.95 bits per heavy atom. The van der Waals surface area contributed by atoms with E-state index in [2.05, 4.69) is 4.90 Å². The minimum Gasteiger partial charge on any atom is -0.492 e. The Labute approximate surface area is 125 Å². The Kier molecular flexibility index (Phi) is 5.18. The molecule has 0 radical (unpaired) electrons. The van der Waals surface area contributed by atoms with E-state index in [1.54, 1.807) is 0 Å². The summed E-state index contributed by atoms with van der Waals surface area (Å²) in [6.07, 6.45) is 0. The molecule has 0 spiro atoms. The van der Waals surface area contributed by atoms with E-state index in [9.17, 15) is 12.8 Å². The van der Waals surface area contributed by atoms with Gasteiger partial charge in [0.2, 0.25) is 10.0 Å². The van der Waals surface area contributed by atoms with Gasteiger partial charge in [0, 0.05) is 25.7 Å². The van der Waals surface area contributed by atoms with E-state index in [-0.39, 0.29) is 24.2 Å². The van der Waals surface area contributed by atoms with Gasteiger partial charge in [-0.15, -0.1) is 0 Å². The molecule has 0 unspecified atom stereocenters. The molecule has 0 saturated carbocycles. The first kappa shape index (κ1) is 16.2. The number of benzene rings is 1. The standard InChI is InChI=1S/C14H21FN2O3S/c1-12-11-17(8-7-16(12)2)21(18,19)10-9-20-14-5-3-13(15)4-6-14/h3-6,12H,7-11H2,1-2H3/t12-/m1/s1. The van der Waals surface area contributed by atoms with Crippen molar-refractivity contribution in [1.29, 1.82) is 0 Å². The highest BCUT2D eigenvalue weighted by atomic mass is 32.2. The number of ether oxygens (including phenoxy) is 1. The first-order chi connectivity index (χ1) is 9.88. The fourth-order valence-corrected chi connectivity index (χ4v) is 3.55. The summed E-state index contributed by atoms with van der Waals surface area (Å²) in [5, 5.41) is 0. The first-order valence-electron chi connectivity index (χ1n) is 6.95. The fourth-order valence-electron chi connectivity index (χ4n) is 2.19. The topological polar surface area (TPSA) is 49.9 Å². The summed E-state index contributed by atoms with van der Waals surface area (Å²) in [4.78, 5) is 2.14. The normalized spacial score (nSPS) is 21.4. The second-order valence-corrected chi connectivity index (χ2v) is 7.39. The lowest BCUT2D eigenvalue weighted by Crippen LogP contribution is -2.52. The van der Waals surface area contributed by atoms with Crippen LogP contribution >= 0.6 is 0 Å². The van der Waals surface area contributed by atoms with Crippen LogP contribution in [0.2, 0.25) is 0 Å². The van der Waals surface area contributed by atoms with Crippen LogP contribution in [0.5, 0.6) is 5.75 Å². The number of sulfonamides is 1. The van der Waals surface area contributed by atoms with E-state index in [0.717, 1.165) is 6.54 Å². The number of likely N-dealkylation sites (N-methyl/N-ethyl adjacent to an activating group) is 1. The van der Waals surface area contributed by atoms with Crippen LogP contribution in [0.4, 0.5) is 4.39 Å². The Hall–Kier alpha value is -1.18. The highest BCUT2D eigenvalue weighted by Gasteiger charge is 2.29. The molecule has 1 atom stereocenters. The molecular weight excluding hydrogens is 295 g/mol. The van der Waals surface area contributed by atoms with Crippen LogP contribution in [-0.2, 0) is 10.0 Å². The molecule has 1 aromatic rings. The number of hydrogen-bond acceptors (Lipinski definition) is 4. The molecule has 0 N–H and O–H groups in total. The smallest absolute Gasteiger partial charge is 0.217 e. The van der Waals surface area contributed by atoms with Crippen LogP contribution in [-0.4, -0.2) is 62.7 Å². The van der Waals surface area contributed by atoms with Crippen LogP contribution < -0.4 is 4.74 Å². The molecule has 7 heteroatoms. The van der Waals surface area contributed by atoms with Crippen molar-refractivity contribution in [2.45, 2.75) is 13.0 Å². The van der Waals surface area contributed by atoms with Gasteiger partial charge in [-0.2, -0.15) is 4.31 Å². The molecule has 0 bridgehead atoms. The SMILES string of the molecule is C[C@@H]1CN(S(=O)(=O)CCOc2ccc(F)cc2)CCN1C. The summed E-state index contributed by atoms with van der Waals surface area (Å²) in [6, 6.07) is 5.75. The van der Waals surface area contributed by atoms with Crippen molar-refractivity contribution in [3.8, 4) is 5.75 Å². The van der Waals surface area contributed by atoms with E-state index in [1.165, 1.54) is 28.6 Å². The van der Waals surface area contributed by atoms with Crippen LogP contribution in [0.1, 0.15) is 6.92 Å². The van der Waals surface area contributed by atoms with Gasteiger partial charge < -0.3 is 9.64 Å². The molecule has 1 aliphatic rings. The van der Waals surface area contributed by atoms with Gasteiger partial charge in [0.1, 0.15) is 18.2 Å². The third-order valence-electron chi connectivity index (χ3n) is 3.74. The van der Waals surface area contributed by atoms with E-state index in [4.69, 9.17) is 4.74 Å². The number of nitrogens with zero attached hydrogens (tertiary/aromatic N) is 2. The lowest BCUT2D eigenvalue weighted by molar-refractivity contribution is 0.159. The van der Waals surface area contributed by atoms with Crippen molar-refractivity contribution < 1.29 is 17.5 Å². The second-order valence-electron chi connectivity index (χ2n) is 5.31. The van der Waals surface area contributed by atoms with Gasteiger partial charge in [0.25, 0.3) is 0 Å². The average Bonchev–Trinajstić information content (AvgIpc) is 2.44. The lowest BCUT2D eigenvalue weighted by Gasteiger charge is -2.36. The fraction of sp³-hybridized carbons (Fsp3) is 0.571. The predicted molar refractivity (Wildman–Crippen MR) is 79.3 cm³/mol. The van der Waals surface area contributed by atoms with Crippen molar-refractivity contribution in [3.05, 3.63) is 30.1 Å². The van der Waals surface area contributed by atoms with Gasteiger partial charge >= 0.3 is 0 Å². The molecule has 0 aliphatic carbocycles. The summed E-state index contributed by atoms with van der Waals surface area (Å²) >= 11 is 0. The zero-order chi connectivity index (χ0) is 15.5. The van der Waals surface area contributed by atoms with Gasteiger partial charge in [-0.05, 0) is 38.2 Å². The number of hydrogen-bond donors (Lipinski definition) is 0. The maximum absolute atomic E-state index is 12.7. The Morgan fingerprint density at radius 1 is 1.29 bits per heavy atom. The van der Waals surface area contributed by atoms with E-state index >= 15 is 0 Å². The van der Waals surface area contributed by atoms with Crippen molar-refractivity contribution >= 4 is 10.0 Å². The third-order valence-corrected chi connectivity index (χ3v) is 5.54. The molecule has 1 heterocycles. The van der Waals surface area contributed by atoms with Crippen LogP contribution in [0.25, 0.3) is 0 Å². The lowest BCUT2D eigenvalue weighted by atomic mass is 10.2. The summed E-state index contributed by atoms with van der Waals surface area (Å²) in [5.74, 6) is 0.0561. The van der Waals surface area contributed by atoms with Crippen LogP contribution in [0.15, 0.2) is 24.3 Å².